The molecule has 0 unspecified atom stereocenters. The van der Waals surface area contributed by atoms with E-state index in [1.807, 2.05) is 25.2 Å². The maximum absolute atomic E-state index is 11.7. The Morgan fingerprint density at radius 1 is 1.26 bits per heavy atom. The number of hydrogen-bond donors (Lipinski definition) is 2. The summed E-state index contributed by atoms with van der Waals surface area (Å²) in [5.41, 5.74) is 1.14. The van der Waals surface area contributed by atoms with Crippen molar-refractivity contribution in [3.63, 3.8) is 0 Å². The van der Waals surface area contributed by atoms with Gasteiger partial charge in [-0.25, -0.2) is 0 Å². The van der Waals surface area contributed by atoms with Gasteiger partial charge in [0.25, 0.3) is 0 Å². The highest BCUT2D eigenvalue weighted by molar-refractivity contribution is 5.85. The summed E-state index contributed by atoms with van der Waals surface area (Å²) in [5.74, 6) is 1.05. The number of rotatable bonds is 6. The van der Waals surface area contributed by atoms with Gasteiger partial charge in [0.1, 0.15) is 5.75 Å². The van der Waals surface area contributed by atoms with Crippen LogP contribution in [0.15, 0.2) is 24.3 Å². The summed E-state index contributed by atoms with van der Waals surface area (Å²) in [6, 6.07) is 8.38. The number of anilines is 1. The van der Waals surface area contributed by atoms with Crippen molar-refractivity contribution in [2.45, 2.75) is 25.3 Å². The molecule has 1 fully saturated rings. The lowest BCUT2D eigenvalue weighted by atomic mass is 10.0. The van der Waals surface area contributed by atoms with E-state index in [9.17, 15) is 4.79 Å². The summed E-state index contributed by atoms with van der Waals surface area (Å²) < 4.78 is 5.42. The molecule has 23 heavy (non-hydrogen) atoms. The highest BCUT2D eigenvalue weighted by Crippen LogP contribution is 2.29. The third kappa shape index (κ3) is 6.45. The lowest BCUT2D eigenvalue weighted by Crippen LogP contribution is -2.45. The first-order valence-electron chi connectivity index (χ1n) is 7.56. The molecule has 1 heterocycles. The van der Waals surface area contributed by atoms with E-state index >= 15 is 0 Å². The Hall–Kier alpha value is -1.17. The van der Waals surface area contributed by atoms with Crippen molar-refractivity contribution in [1.82, 2.24) is 10.6 Å². The first kappa shape index (κ1) is 21.8. The lowest BCUT2D eigenvalue weighted by Gasteiger charge is -2.34. The molecule has 0 aliphatic carbocycles. The van der Waals surface area contributed by atoms with Crippen LogP contribution in [-0.2, 0) is 4.79 Å². The van der Waals surface area contributed by atoms with Gasteiger partial charge in [0, 0.05) is 32.1 Å². The Morgan fingerprint density at radius 3 is 2.52 bits per heavy atom. The van der Waals surface area contributed by atoms with Gasteiger partial charge in [-0.05, 0) is 32.0 Å². The summed E-state index contributed by atoms with van der Waals surface area (Å²) in [7, 11) is 3.56. The average molecular weight is 364 g/mol. The van der Waals surface area contributed by atoms with Gasteiger partial charge >= 0.3 is 0 Å². The standard InChI is InChI=1S/C16H25N3O2.2ClH/c1-17-10-7-16(20)18-13-8-11-19(12-9-13)14-5-3-4-6-15(14)21-2;;/h3-6,13,17H,7-12H2,1-2H3,(H,18,20);2*1H. The van der Waals surface area contributed by atoms with Gasteiger partial charge in [-0.3, -0.25) is 4.79 Å². The molecule has 132 valence electrons. The Bertz CT molecular complexity index is 466. The molecule has 2 N–H and O–H groups in total. The van der Waals surface area contributed by atoms with Gasteiger partial charge in [0.15, 0.2) is 0 Å². The number of carbonyl (C=O) groups excluding carboxylic acids is 1. The van der Waals surface area contributed by atoms with Crippen molar-refractivity contribution >= 4 is 36.4 Å². The normalized spacial score (nSPS) is 14.4. The quantitative estimate of drug-likeness (QED) is 0.813. The molecule has 7 heteroatoms. The number of carbonyl (C=O) groups is 1. The fourth-order valence-electron chi connectivity index (χ4n) is 2.69. The number of halogens is 2. The molecule has 0 atom stereocenters. The molecule has 2 rings (SSSR count). The number of nitrogens with one attached hydrogen (secondary N) is 2. The zero-order chi connectivity index (χ0) is 15.1. The van der Waals surface area contributed by atoms with Gasteiger partial charge in [-0.2, -0.15) is 0 Å². The van der Waals surface area contributed by atoms with E-state index < -0.39 is 0 Å². The van der Waals surface area contributed by atoms with Gasteiger partial charge in [-0.15, -0.1) is 24.8 Å². The SMILES string of the molecule is CNCCC(=O)NC1CCN(c2ccccc2OC)CC1.Cl.Cl. The maximum atomic E-state index is 11.7. The molecule has 1 saturated heterocycles. The van der Waals surface area contributed by atoms with Crippen molar-refractivity contribution in [3.8, 4) is 5.75 Å². The first-order chi connectivity index (χ1) is 10.2. The molecule has 1 aliphatic heterocycles. The maximum Gasteiger partial charge on any atom is 0.221 e. The summed E-state index contributed by atoms with van der Waals surface area (Å²) in [5, 5.41) is 6.11. The van der Waals surface area contributed by atoms with Crippen molar-refractivity contribution in [2.75, 3.05) is 38.7 Å². The molecule has 1 aliphatic rings. The fraction of sp³-hybridized carbons (Fsp3) is 0.562. The van der Waals surface area contributed by atoms with Crippen molar-refractivity contribution in [1.29, 1.82) is 0 Å². The molecule has 1 amide bonds. The zero-order valence-electron chi connectivity index (χ0n) is 13.7. The van der Waals surface area contributed by atoms with Crippen molar-refractivity contribution < 1.29 is 9.53 Å². The summed E-state index contributed by atoms with van der Waals surface area (Å²) in [6.07, 6.45) is 2.50. The van der Waals surface area contributed by atoms with Crippen molar-refractivity contribution in [2.24, 2.45) is 0 Å². The number of piperidine rings is 1. The zero-order valence-corrected chi connectivity index (χ0v) is 15.3. The van der Waals surface area contributed by atoms with Crippen LogP contribution in [-0.4, -0.2) is 45.7 Å². The molecular formula is C16H27Cl2N3O2. The molecule has 0 aromatic heterocycles. The largest absolute Gasteiger partial charge is 0.495 e. The fourth-order valence-corrected chi connectivity index (χ4v) is 2.69. The van der Waals surface area contributed by atoms with Crippen LogP contribution in [0.5, 0.6) is 5.75 Å². The lowest BCUT2D eigenvalue weighted by molar-refractivity contribution is -0.121. The van der Waals surface area contributed by atoms with Crippen molar-refractivity contribution in [3.05, 3.63) is 24.3 Å². The highest BCUT2D eigenvalue weighted by Gasteiger charge is 2.22. The topological polar surface area (TPSA) is 53.6 Å². The molecule has 0 spiro atoms. The predicted octanol–water partition coefficient (Wildman–Crippen LogP) is 2.23. The van der Waals surface area contributed by atoms with Crippen LogP contribution in [0.2, 0.25) is 0 Å². The Morgan fingerprint density at radius 2 is 1.91 bits per heavy atom. The third-order valence-electron chi connectivity index (χ3n) is 3.89. The minimum absolute atomic E-state index is 0. The highest BCUT2D eigenvalue weighted by atomic mass is 35.5. The van der Waals surface area contributed by atoms with E-state index in [1.54, 1.807) is 7.11 Å². The first-order valence-corrected chi connectivity index (χ1v) is 7.56. The summed E-state index contributed by atoms with van der Waals surface area (Å²) in [6.45, 7) is 2.61. The van der Waals surface area contributed by atoms with Crippen LogP contribution in [0.4, 0.5) is 5.69 Å². The molecule has 1 aromatic carbocycles. The molecule has 0 bridgehead atoms. The van der Waals surface area contributed by atoms with Crippen LogP contribution in [0.1, 0.15) is 19.3 Å². The van der Waals surface area contributed by atoms with E-state index in [2.05, 4.69) is 21.6 Å². The van der Waals surface area contributed by atoms with Crippen LogP contribution < -0.4 is 20.3 Å². The van der Waals surface area contributed by atoms with E-state index in [4.69, 9.17) is 4.74 Å². The number of ether oxygens (including phenoxy) is 1. The molecule has 0 radical (unpaired) electrons. The minimum atomic E-state index is 0. The Balaban J connectivity index is 0.00000242. The number of hydrogen-bond acceptors (Lipinski definition) is 4. The number of nitrogens with zero attached hydrogens (tertiary/aromatic N) is 1. The average Bonchev–Trinajstić information content (AvgIpc) is 2.53. The van der Waals surface area contributed by atoms with Gasteiger partial charge in [-0.1, -0.05) is 12.1 Å². The number of amides is 1. The van der Waals surface area contributed by atoms with Crippen LogP contribution in [0, 0.1) is 0 Å². The molecule has 5 nitrogen and oxygen atoms in total. The number of methoxy groups -OCH3 is 1. The predicted molar refractivity (Wildman–Crippen MR) is 99.4 cm³/mol. The Labute approximate surface area is 151 Å². The Kier molecular flexibility index (Phi) is 10.8. The van der Waals surface area contributed by atoms with Gasteiger partial charge < -0.3 is 20.3 Å². The van der Waals surface area contributed by atoms with E-state index in [0.29, 0.717) is 12.5 Å². The van der Waals surface area contributed by atoms with E-state index in [-0.39, 0.29) is 30.7 Å². The summed E-state index contributed by atoms with van der Waals surface area (Å²) >= 11 is 0. The van der Waals surface area contributed by atoms with Crippen LogP contribution >= 0.6 is 24.8 Å². The van der Waals surface area contributed by atoms with Crippen LogP contribution in [0.25, 0.3) is 0 Å². The molecular weight excluding hydrogens is 337 g/mol. The molecule has 1 aromatic rings. The van der Waals surface area contributed by atoms with E-state index in [0.717, 1.165) is 43.9 Å². The number of benzene rings is 1. The van der Waals surface area contributed by atoms with Crippen LogP contribution in [0.3, 0.4) is 0 Å². The smallest absolute Gasteiger partial charge is 0.221 e. The van der Waals surface area contributed by atoms with E-state index in [1.165, 1.54) is 0 Å². The second-order valence-corrected chi connectivity index (χ2v) is 5.35. The monoisotopic (exact) mass is 363 g/mol. The van der Waals surface area contributed by atoms with Gasteiger partial charge in [0.2, 0.25) is 5.91 Å². The third-order valence-corrected chi connectivity index (χ3v) is 3.89. The number of para-hydroxylation sites is 2. The van der Waals surface area contributed by atoms with Gasteiger partial charge in [0.05, 0.1) is 12.8 Å². The second-order valence-electron chi connectivity index (χ2n) is 5.35. The summed E-state index contributed by atoms with van der Waals surface area (Å²) in [4.78, 5) is 14.1. The minimum Gasteiger partial charge on any atom is -0.495 e. The molecule has 0 saturated carbocycles. The second kappa shape index (κ2) is 11.4.